The lowest BCUT2D eigenvalue weighted by Gasteiger charge is -2.08. The highest BCUT2D eigenvalue weighted by atomic mass is 35.5. The number of nitrogens with zero attached hydrogens (tertiary/aromatic N) is 1. The van der Waals surface area contributed by atoms with Crippen molar-refractivity contribution in [2.45, 2.75) is 6.61 Å². The average molecular weight is 420 g/mol. The quantitative estimate of drug-likeness (QED) is 0.497. The number of benzene rings is 2. The Morgan fingerprint density at radius 1 is 1.11 bits per heavy atom. The fourth-order valence-electron chi connectivity index (χ4n) is 2.37. The molecule has 0 fully saturated rings. The molecule has 0 saturated carbocycles. The third kappa shape index (κ3) is 5.15. The summed E-state index contributed by atoms with van der Waals surface area (Å²) < 4.78 is 21.1. The highest BCUT2D eigenvalue weighted by Gasteiger charge is 2.11. The monoisotopic (exact) mass is 419 g/mol. The molecule has 3 rings (SSSR count). The molecular formula is C20H18ClNO5S. The van der Waals surface area contributed by atoms with Gasteiger partial charge in [-0.2, -0.15) is 0 Å². The molecule has 6 nitrogen and oxygen atoms in total. The van der Waals surface area contributed by atoms with Crippen LogP contribution in [0.3, 0.4) is 0 Å². The van der Waals surface area contributed by atoms with Gasteiger partial charge in [0.15, 0.2) is 18.1 Å². The molecular weight excluding hydrogens is 402 g/mol. The molecule has 3 aromatic rings. The van der Waals surface area contributed by atoms with Crippen LogP contribution in [0.1, 0.15) is 5.69 Å². The molecule has 28 heavy (non-hydrogen) atoms. The maximum absolute atomic E-state index is 11.9. The number of aromatic nitrogens is 1. The van der Waals surface area contributed by atoms with E-state index in [9.17, 15) is 4.79 Å². The van der Waals surface area contributed by atoms with Crippen molar-refractivity contribution < 1.29 is 23.7 Å². The number of rotatable bonds is 8. The van der Waals surface area contributed by atoms with Crippen LogP contribution < -0.4 is 14.2 Å². The van der Waals surface area contributed by atoms with E-state index in [2.05, 4.69) is 4.98 Å². The number of carbonyl (C=O) groups excluding carboxylic acids is 1. The second kappa shape index (κ2) is 9.43. The van der Waals surface area contributed by atoms with Crippen LogP contribution in [0.2, 0.25) is 5.02 Å². The summed E-state index contributed by atoms with van der Waals surface area (Å²) in [5.74, 6) is 1.30. The summed E-state index contributed by atoms with van der Waals surface area (Å²) in [5, 5.41) is 3.18. The van der Waals surface area contributed by atoms with Crippen molar-refractivity contribution in [3.8, 4) is 27.8 Å². The Kier molecular flexibility index (Phi) is 6.73. The van der Waals surface area contributed by atoms with Gasteiger partial charge in [0.25, 0.3) is 0 Å². The minimum Gasteiger partial charge on any atom is -0.493 e. The Morgan fingerprint density at radius 2 is 1.93 bits per heavy atom. The SMILES string of the molecule is COc1ccc(-c2nc(COC(=O)COc3cccc(Cl)c3)cs2)cc1OC. The van der Waals surface area contributed by atoms with E-state index >= 15 is 0 Å². The normalized spacial score (nSPS) is 10.4. The van der Waals surface area contributed by atoms with Crippen LogP contribution in [0.4, 0.5) is 0 Å². The van der Waals surface area contributed by atoms with Crippen molar-refractivity contribution >= 4 is 28.9 Å². The van der Waals surface area contributed by atoms with Crippen LogP contribution in [0.5, 0.6) is 17.2 Å². The van der Waals surface area contributed by atoms with Gasteiger partial charge in [0.05, 0.1) is 19.9 Å². The summed E-state index contributed by atoms with van der Waals surface area (Å²) in [7, 11) is 3.17. The minimum atomic E-state index is -0.486. The molecule has 0 aliphatic heterocycles. The number of hydrogen-bond donors (Lipinski definition) is 0. The fourth-order valence-corrected chi connectivity index (χ4v) is 3.35. The Morgan fingerprint density at radius 3 is 2.68 bits per heavy atom. The van der Waals surface area contributed by atoms with E-state index in [1.54, 1.807) is 38.5 Å². The van der Waals surface area contributed by atoms with Gasteiger partial charge in [-0.05, 0) is 36.4 Å². The number of esters is 1. The molecule has 2 aromatic carbocycles. The highest BCUT2D eigenvalue weighted by Crippen LogP contribution is 2.33. The lowest BCUT2D eigenvalue weighted by molar-refractivity contribution is -0.147. The Labute approximate surface area is 171 Å². The van der Waals surface area contributed by atoms with Gasteiger partial charge >= 0.3 is 5.97 Å². The summed E-state index contributed by atoms with van der Waals surface area (Å²) >= 11 is 7.33. The predicted octanol–water partition coefficient (Wildman–Crippen LogP) is 4.60. The number of thiazole rings is 1. The van der Waals surface area contributed by atoms with Crippen LogP contribution in [0.25, 0.3) is 10.6 Å². The van der Waals surface area contributed by atoms with E-state index in [1.165, 1.54) is 11.3 Å². The van der Waals surface area contributed by atoms with E-state index in [4.69, 9.17) is 30.5 Å². The van der Waals surface area contributed by atoms with Gasteiger partial charge in [-0.3, -0.25) is 0 Å². The van der Waals surface area contributed by atoms with E-state index in [0.29, 0.717) is 28.0 Å². The number of halogens is 1. The molecule has 0 aliphatic carbocycles. The lowest BCUT2D eigenvalue weighted by atomic mass is 10.2. The van der Waals surface area contributed by atoms with Crippen LogP contribution in [0.15, 0.2) is 47.8 Å². The van der Waals surface area contributed by atoms with Crippen LogP contribution in [-0.2, 0) is 16.1 Å². The second-order valence-electron chi connectivity index (χ2n) is 5.62. The standard InChI is InChI=1S/C20H18ClNO5S/c1-24-17-7-6-13(8-18(17)25-2)20-22-15(12-28-20)10-27-19(23)11-26-16-5-3-4-14(21)9-16/h3-9,12H,10-11H2,1-2H3. The minimum absolute atomic E-state index is 0.0710. The van der Waals surface area contributed by atoms with Crippen LogP contribution in [0, 0.1) is 0 Å². The Balaban J connectivity index is 1.55. The summed E-state index contributed by atoms with van der Waals surface area (Å²) in [6, 6.07) is 12.4. The van der Waals surface area contributed by atoms with Crippen LogP contribution in [-0.4, -0.2) is 31.8 Å². The molecule has 8 heteroatoms. The first-order valence-corrected chi connectivity index (χ1v) is 9.55. The van der Waals surface area contributed by atoms with Crippen molar-refractivity contribution in [2.75, 3.05) is 20.8 Å². The summed E-state index contributed by atoms with van der Waals surface area (Å²) in [4.78, 5) is 16.4. The maximum Gasteiger partial charge on any atom is 0.344 e. The molecule has 0 bridgehead atoms. The first-order chi connectivity index (χ1) is 13.6. The van der Waals surface area contributed by atoms with E-state index in [1.807, 2.05) is 23.6 Å². The van der Waals surface area contributed by atoms with Gasteiger partial charge in [0.1, 0.15) is 17.4 Å². The van der Waals surface area contributed by atoms with Gasteiger partial charge in [-0.1, -0.05) is 17.7 Å². The highest BCUT2D eigenvalue weighted by molar-refractivity contribution is 7.13. The zero-order valence-corrected chi connectivity index (χ0v) is 16.9. The largest absolute Gasteiger partial charge is 0.493 e. The zero-order valence-electron chi connectivity index (χ0n) is 15.3. The zero-order chi connectivity index (χ0) is 19.9. The molecule has 0 saturated heterocycles. The first kappa shape index (κ1) is 20.0. The smallest absolute Gasteiger partial charge is 0.344 e. The van der Waals surface area contributed by atoms with Gasteiger partial charge in [0.2, 0.25) is 0 Å². The number of carbonyl (C=O) groups is 1. The number of ether oxygens (including phenoxy) is 4. The molecule has 0 N–H and O–H groups in total. The van der Waals surface area contributed by atoms with Crippen molar-refractivity contribution in [3.63, 3.8) is 0 Å². The lowest BCUT2D eigenvalue weighted by Crippen LogP contribution is -2.14. The maximum atomic E-state index is 11.9. The third-order valence-electron chi connectivity index (χ3n) is 3.72. The predicted molar refractivity (Wildman–Crippen MR) is 107 cm³/mol. The summed E-state index contributed by atoms with van der Waals surface area (Å²) in [5.41, 5.74) is 1.55. The topological polar surface area (TPSA) is 66.9 Å². The van der Waals surface area contributed by atoms with Crippen molar-refractivity contribution in [3.05, 3.63) is 58.6 Å². The molecule has 146 valence electrons. The van der Waals surface area contributed by atoms with Crippen molar-refractivity contribution in [1.82, 2.24) is 4.98 Å². The van der Waals surface area contributed by atoms with Crippen LogP contribution >= 0.6 is 22.9 Å². The second-order valence-corrected chi connectivity index (χ2v) is 6.92. The molecule has 0 amide bonds. The molecule has 0 aliphatic rings. The van der Waals surface area contributed by atoms with Gasteiger partial charge in [0, 0.05) is 16.0 Å². The fraction of sp³-hybridized carbons (Fsp3) is 0.200. The van der Waals surface area contributed by atoms with Gasteiger partial charge in [-0.15, -0.1) is 11.3 Å². The molecule has 0 spiro atoms. The molecule has 1 heterocycles. The number of methoxy groups -OCH3 is 2. The van der Waals surface area contributed by atoms with E-state index < -0.39 is 5.97 Å². The Hall–Kier alpha value is -2.77. The number of hydrogen-bond acceptors (Lipinski definition) is 7. The third-order valence-corrected chi connectivity index (χ3v) is 4.89. The molecule has 0 atom stereocenters. The Bertz CT molecular complexity index is 959. The van der Waals surface area contributed by atoms with Crippen molar-refractivity contribution in [1.29, 1.82) is 0 Å². The van der Waals surface area contributed by atoms with Gasteiger partial charge < -0.3 is 18.9 Å². The van der Waals surface area contributed by atoms with E-state index in [0.717, 1.165) is 10.6 Å². The first-order valence-electron chi connectivity index (χ1n) is 8.30. The summed E-state index contributed by atoms with van der Waals surface area (Å²) in [6.07, 6.45) is 0. The van der Waals surface area contributed by atoms with Gasteiger partial charge in [-0.25, -0.2) is 9.78 Å². The van der Waals surface area contributed by atoms with Crippen molar-refractivity contribution in [2.24, 2.45) is 0 Å². The average Bonchev–Trinajstić information content (AvgIpc) is 3.19. The summed E-state index contributed by atoms with van der Waals surface area (Å²) in [6.45, 7) is -0.130. The molecule has 0 unspecified atom stereocenters. The molecule has 0 radical (unpaired) electrons. The molecule has 1 aromatic heterocycles. The van der Waals surface area contributed by atoms with E-state index in [-0.39, 0.29) is 13.2 Å².